The van der Waals surface area contributed by atoms with Gasteiger partial charge in [0, 0.05) is 17.4 Å². The Bertz CT molecular complexity index is 420. The van der Waals surface area contributed by atoms with Gasteiger partial charge in [-0.25, -0.2) is 0 Å². The van der Waals surface area contributed by atoms with E-state index < -0.39 is 12.0 Å². The third kappa shape index (κ3) is 4.85. The van der Waals surface area contributed by atoms with Crippen LogP contribution in [0.5, 0.6) is 0 Å². The lowest BCUT2D eigenvalue weighted by molar-refractivity contribution is -0.138. The number of aliphatic carboxylic acids is 1. The number of rotatable bonds is 6. The van der Waals surface area contributed by atoms with Crippen LogP contribution in [-0.4, -0.2) is 28.4 Å². The Hall–Kier alpha value is -1.40. The number of carbonyl (C=O) groups excluding carboxylic acids is 1. The van der Waals surface area contributed by atoms with Crippen molar-refractivity contribution in [3.8, 4) is 0 Å². The van der Waals surface area contributed by atoms with Gasteiger partial charge in [0.15, 0.2) is 0 Å². The van der Waals surface area contributed by atoms with Crippen molar-refractivity contribution in [3.05, 3.63) is 29.8 Å². The lowest BCUT2D eigenvalue weighted by Gasteiger charge is -2.08. The second-order valence-corrected chi connectivity index (χ2v) is 4.63. The number of halogens is 1. The first-order valence-electron chi connectivity index (χ1n) is 5.46. The molecule has 0 spiro atoms. The Morgan fingerprint density at radius 3 is 2.44 bits per heavy atom. The molecule has 1 rings (SSSR count). The molecule has 1 amide bonds. The highest BCUT2D eigenvalue weighted by Crippen LogP contribution is 2.11. The van der Waals surface area contributed by atoms with Crippen LogP contribution >= 0.6 is 15.9 Å². The highest BCUT2D eigenvalue weighted by Gasteiger charge is 2.11. The topological polar surface area (TPSA) is 92.4 Å². The average Bonchev–Trinajstić information content (AvgIpc) is 2.31. The van der Waals surface area contributed by atoms with Gasteiger partial charge in [-0.15, -0.1) is 0 Å². The van der Waals surface area contributed by atoms with Crippen LogP contribution in [0.4, 0.5) is 5.69 Å². The van der Waals surface area contributed by atoms with Crippen LogP contribution in [0.15, 0.2) is 24.3 Å². The number of carboxylic acids is 1. The summed E-state index contributed by atoms with van der Waals surface area (Å²) in [5, 5.41) is 12.0. The molecule has 0 aromatic heterocycles. The zero-order chi connectivity index (χ0) is 13.5. The number of alkyl halides is 1. The Labute approximate surface area is 113 Å². The number of hydrogen-bond acceptors (Lipinski definition) is 3. The maximum atomic E-state index is 11.3. The summed E-state index contributed by atoms with van der Waals surface area (Å²) in [6.07, 6.45) is 0.677. The standard InChI is InChI=1S/C12H15BrN2O3/c13-6-5-11(16)15-9-3-1-8(2-4-9)7-10(14)12(17)18/h1-4,10H,5-7,14H2,(H,15,16)(H,17,18). The van der Waals surface area contributed by atoms with Crippen LogP contribution in [0.3, 0.4) is 0 Å². The summed E-state index contributed by atoms with van der Waals surface area (Å²) < 4.78 is 0. The van der Waals surface area contributed by atoms with Crippen LogP contribution in [0.25, 0.3) is 0 Å². The SMILES string of the molecule is NC(Cc1ccc(NC(=O)CCBr)cc1)C(=O)O. The van der Waals surface area contributed by atoms with Crippen molar-refractivity contribution in [2.45, 2.75) is 18.9 Å². The van der Waals surface area contributed by atoms with E-state index in [9.17, 15) is 9.59 Å². The second-order valence-electron chi connectivity index (χ2n) is 3.83. The maximum absolute atomic E-state index is 11.3. The summed E-state index contributed by atoms with van der Waals surface area (Å²) in [6.45, 7) is 0. The number of benzene rings is 1. The quantitative estimate of drug-likeness (QED) is 0.691. The highest BCUT2D eigenvalue weighted by atomic mass is 79.9. The summed E-state index contributed by atoms with van der Waals surface area (Å²) in [5.41, 5.74) is 6.94. The first-order valence-corrected chi connectivity index (χ1v) is 6.58. The van der Waals surface area contributed by atoms with Gasteiger partial charge in [-0.1, -0.05) is 28.1 Å². The molecule has 0 aliphatic rings. The van der Waals surface area contributed by atoms with E-state index in [0.717, 1.165) is 5.56 Å². The first-order chi connectivity index (χ1) is 8.52. The molecule has 0 aliphatic carbocycles. The normalized spacial score (nSPS) is 11.9. The fourth-order valence-corrected chi connectivity index (χ4v) is 1.73. The first kappa shape index (κ1) is 14.7. The van der Waals surface area contributed by atoms with Crippen LogP contribution in [0.1, 0.15) is 12.0 Å². The van der Waals surface area contributed by atoms with E-state index in [4.69, 9.17) is 10.8 Å². The lowest BCUT2D eigenvalue weighted by atomic mass is 10.1. The van der Waals surface area contributed by atoms with E-state index in [-0.39, 0.29) is 12.3 Å². The van der Waals surface area contributed by atoms with Crippen molar-refractivity contribution in [3.63, 3.8) is 0 Å². The number of anilines is 1. The number of carboxylic acid groups (broad SMARTS) is 1. The van der Waals surface area contributed by atoms with Gasteiger partial charge in [0.05, 0.1) is 0 Å². The van der Waals surface area contributed by atoms with Crippen LogP contribution in [0, 0.1) is 0 Å². The lowest BCUT2D eigenvalue weighted by Crippen LogP contribution is -2.32. The average molecular weight is 315 g/mol. The number of carbonyl (C=O) groups is 2. The Morgan fingerprint density at radius 1 is 1.33 bits per heavy atom. The van der Waals surface area contributed by atoms with Gasteiger partial charge in [0.25, 0.3) is 0 Å². The molecule has 5 nitrogen and oxygen atoms in total. The Morgan fingerprint density at radius 2 is 1.94 bits per heavy atom. The van der Waals surface area contributed by atoms with Crippen molar-refractivity contribution in [2.24, 2.45) is 5.73 Å². The molecule has 0 saturated heterocycles. The number of nitrogens with two attached hydrogens (primary N) is 1. The predicted octanol–water partition coefficient (Wildman–Crippen LogP) is 1.36. The van der Waals surface area contributed by atoms with Crippen molar-refractivity contribution in [1.82, 2.24) is 0 Å². The van der Waals surface area contributed by atoms with E-state index in [2.05, 4.69) is 21.2 Å². The minimum absolute atomic E-state index is 0.0677. The molecule has 0 aliphatic heterocycles. The van der Waals surface area contributed by atoms with Crippen molar-refractivity contribution in [1.29, 1.82) is 0 Å². The molecule has 0 bridgehead atoms. The summed E-state index contributed by atoms with van der Waals surface area (Å²) in [4.78, 5) is 21.9. The molecule has 4 N–H and O–H groups in total. The highest BCUT2D eigenvalue weighted by molar-refractivity contribution is 9.09. The van der Waals surface area contributed by atoms with Gasteiger partial charge in [0.2, 0.25) is 5.91 Å². The molecule has 1 unspecified atom stereocenters. The summed E-state index contributed by atoms with van der Waals surface area (Å²) in [7, 11) is 0. The largest absolute Gasteiger partial charge is 0.480 e. The van der Waals surface area contributed by atoms with E-state index in [1.165, 1.54) is 0 Å². The molecule has 0 heterocycles. The molecule has 18 heavy (non-hydrogen) atoms. The molecule has 6 heteroatoms. The van der Waals surface area contributed by atoms with Crippen molar-refractivity contribution >= 4 is 33.5 Å². The molecule has 0 saturated carbocycles. The molecule has 98 valence electrons. The zero-order valence-electron chi connectivity index (χ0n) is 9.73. The maximum Gasteiger partial charge on any atom is 0.320 e. The van der Waals surface area contributed by atoms with E-state index in [1.54, 1.807) is 24.3 Å². The van der Waals surface area contributed by atoms with Crippen molar-refractivity contribution in [2.75, 3.05) is 10.6 Å². The van der Waals surface area contributed by atoms with Crippen molar-refractivity contribution < 1.29 is 14.7 Å². The van der Waals surface area contributed by atoms with E-state index in [1.807, 2.05) is 0 Å². The molecule has 1 atom stereocenters. The fraction of sp³-hybridized carbons (Fsp3) is 0.333. The summed E-state index contributed by atoms with van der Waals surface area (Å²) in [6, 6.07) is 6.07. The van der Waals surface area contributed by atoms with Gasteiger partial charge in [-0.3, -0.25) is 9.59 Å². The summed E-state index contributed by atoms with van der Waals surface area (Å²) in [5.74, 6) is -1.09. The van der Waals surface area contributed by atoms with Gasteiger partial charge in [0.1, 0.15) is 6.04 Å². The number of nitrogens with one attached hydrogen (secondary N) is 1. The predicted molar refractivity (Wildman–Crippen MR) is 72.8 cm³/mol. The monoisotopic (exact) mass is 314 g/mol. The zero-order valence-corrected chi connectivity index (χ0v) is 11.3. The molecular weight excluding hydrogens is 300 g/mol. The van der Waals surface area contributed by atoms with Crippen LogP contribution in [-0.2, 0) is 16.0 Å². The molecule has 0 radical (unpaired) electrons. The van der Waals surface area contributed by atoms with E-state index in [0.29, 0.717) is 17.4 Å². The van der Waals surface area contributed by atoms with E-state index >= 15 is 0 Å². The minimum Gasteiger partial charge on any atom is -0.480 e. The van der Waals surface area contributed by atoms with Gasteiger partial charge >= 0.3 is 5.97 Å². The third-order valence-electron chi connectivity index (χ3n) is 2.33. The molecular formula is C12H15BrN2O3. The third-order valence-corrected chi connectivity index (χ3v) is 2.73. The Kier molecular flexibility index (Phi) is 5.80. The molecule has 1 aromatic rings. The summed E-state index contributed by atoms with van der Waals surface area (Å²) >= 11 is 3.19. The van der Waals surface area contributed by atoms with Gasteiger partial charge < -0.3 is 16.2 Å². The molecule has 0 fully saturated rings. The van der Waals surface area contributed by atoms with Crippen LogP contribution in [0.2, 0.25) is 0 Å². The second kappa shape index (κ2) is 7.13. The van der Waals surface area contributed by atoms with Gasteiger partial charge in [-0.2, -0.15) is 0 Å². The van der Waals surface area contributed by atoms with Gasteiger partial charge in [-0.05, 0) is 24.1 Å². The fourth-order valence-electron chi connectivity index (χ4n) is 1.37. The Balaban J connectivity index is 2.57. The van der Waals surface area contributed by atoms with Crippen LogP contribution < -0.4 is 11.1 Å². The smallest absolute Gasteiger partial charge is 0.320 e. The number of hydrogen-bond donors (Lipinski definition) is 3. The minimum atomic E-state index is -1.02. The molecule has 1 aromatic carbocycles. The number of amides is 1.